The molecular weight excluding hydrogens is 192 g/mol. The summed E-state index contributed by atoms with van der Waals surface area (Å²) in [5.41, 5.74) is -0.845. The number of aliphatic hydroxyl groups excluding tert-OH is 1. The summed E-state index contributed by atoms with van der Waals surface area (Å²) in [6.07, 6.45) is 3.47. The molecule has 1 aliphatic heterocycles. The molecule has 0 amide bonds. The quantitative estimate of drug-likeness (QED) is 0.729. The first kappa shape index (κ1) is 11.4. The molecule has 0 spiro atoms. The van der Waals surface area contributed by atoms with Crippen molar-refractivity contribution in [1.29, 1.82) is 0 Å². The molecule has 3 heteroatoms. The average Bonchev–Trinajstić information content (AvgIpc) is 2.14. The average molecular weight is 214 g/mol. The maximum absolute atomic E-state index is 10.6. The van der Waals surface area contributed by atoms with Crippen LogP contribution in [0, 0.1) is 10.8 Å². The van der Waals surface area contributed by atoms with Gasteiger partial charge >= 0.3 is 0 Å². The van der Waals surface area contributed by atoms with Gasteiger partial charge in [0.1, 0.15) is 0 Å². The lowest BCUT2D eigenvalue weighted by Gasteiger charge is -2.60. The zero-order valence-electron chi connectivity index (χ0n) is 9.75. The number of rotatable bonds is 2. The molecule has 1 atom stereocenters. The van der Waals surface area contributed by atoms with Crippen molar-refractivity contribution in [3.05, 3.63) is 0 Å². The van der Waals surface area contributed by atoms with Gasteiger partial charge in [-0.2, -0.15) is 0 Å². The van der Waals surface area contributed by atoms with Gasteiger partial charge in [-0.15, -0.1) is 0 Å². The zero-order chi connectivity index (χ0) is 11.2. The smallest absolute Gasteiger partial charge is 0.0959 e. The van der Waals surface area contributed by atoms with Gasteiger partial charge in [-0.25, -0.2) is 0 Å². The Morgan fingerprint density at radius 3 is 2.33 bits per heavy atom. The van der Waals surface area contributed by atoms with Crippen molar-refractivity contribution < 1.29 is 14.9 Å². The maximum Gasteiger partial charge on any atom is 0.0959 e. The first-order valence-corrected chi connectivity index (χ1v) is 5.84. The van der Waals surface area contributed by atoms with Gasteiger partial charge in [-0.1, -0.05) is 13.8 Å². The monoisotopic (exact) mass is 214 g/mol. The predicted molar refractivity (Wildman–Crippen MR) is 57.5 cm³/mol. The zero-order valence-corrected chi connectivity index (χ0v) is 9.75. The number of hydrogen-bond donors (Lipinski definition) is 2. The predicted octanol–water partition coefficient (Wildman–Crippen LogP) is 1.33. The number of hydrogen-bond acceptors (Lipinski definition) is 3. The Kier molecular flexibility index (Phi) is 2.61. The molecule has 88 valence electrons. The summed E-state index contributed by atoms with van der Waals surface area (Å²) in [6.45, 7) is 5.59. The lowest BCUT2D eigenvalue weighted by Crippen LogP contribution is -2.63. The Morgan fingerprint density at radius 1 is 1.27 bits per heavy atom. The highest BCUT2D eigenvalue weighted by Crippen LogP contribution is 2.60. The molecule has 0 aromatic carbocycles. The van der Waals surface area contributed by atoms with Crippen LogP contribution in [0.4, 0.5) is 0 Å². The number of ether oxygens (including phenoxy) is 1. The minimum atomic E-state index is -0.796. The Hall–Kier alpha value is -0.120. The Balaban J connectivity index is 2.13. The lowest BCUT2D eigenvalue weighted by molar-refractivity contribution is -0.233. The summed E-state index contributed by atoms with van der Waals surface area (Å²) in [5, 5.41) is 20.2. The second-order valence-corrected chi connectivity index (χ2v) is 6.14. The van der Waals surface area contributed by atoms with E-state index in [2.05, 4.69) is 13.8 Å². The maximum atomic E-state index is 10.6. The fraction of sp³-hybridized carbons (Fsp3) is 1.00. The third-order valence-electron chi connectivity index (χ3n) is 4.14. The minimum absolute atomic E-state index is 0.0797. The van der Waals surface area contributed by atoms with Crippen LogP contribution in [0.3, 0.4) is 0 Å². The van der Waals surface area contributed by atoms with E-state index in [0.717, 1.165) is 32.3 Å². The van der Waals surface area contributed by atoms with E-state index in [4.69, 9.17) is 4.74 Å². The largest absolute Gasteiger partial charge is 0.396 e. The van der Waals surface area contributed by atoms with Gasteiger partial charge in [0, 0.05) is 12.0 Å². The van der Waals surface area contributed by atoms with Crippen molar-refractivity contribution in [3.8, 4) is 0 Å². The van der Waals surface area contributed by atoms with Gasteiger partial charge in [0.15, 0.2) is 0 Å². The first-order valence-electron chi connectivity index (χ1n) is 5.84. The van der Waals surface area contributed by atoms with E-state index in [1.165, 1.54) is 0 Å². The van der Waals surface area contributed by atoms with Gasteiger partial charge < -0.3 is 14.9 Å². The molecule has 0 aromatic rings. The molecular formula is C12H22O3. The molecule has 2 fully saturated rings. The molecule has 1 aliphatic carbocycles. The standard InChI is InChI=1S/C12H22O3/c1-10(2)6-11(7-10,8-13)12(14)4-3-5-15-9-12/h13-14H,3-9H2,1-2H3. The Labute approximate surface area is 91.4 Å². The number of aliphatic hydroxyl groups is 2. The highest BCUT2D eigenvalue weighted by Gasteiger charge is 2.60. The molecule has 2 rings (SSSR count). The van der Waals surface area contributed by atoms with Crippen LogP contribution in [0.15, 0.2) is 0 Å². The van der Waals surface area contributed by atoms with Crippen LogP contribution in [0.1, 0.15) is 39.5 Å². The van der Waals surface area contributed by atoms with Gasteiger partial charge in [-0.3, -0.25) is 0 Å². The summed E-state index contributed by atoms with van der Waals surface area (Å²) < 4.78 is 5.38. The summed E-state index contributed by atoms with van der Waals surface area (Å²) in [7, 11) is 0. The normalized spacial score (nSPS) is 38.4. The van der Waals surface area contributed by atoms with Crippen LogP contribution in [0.5, 0.6) is 0 Å². The van der Waals surface area contributed by atoms with Crippen LogP contribution in [-0.2, 0) is 4.74 Å². The second kappa shape index (κ2) is 3.44. The van der Waals surface area contributed by atoms with Crippen molar-refractivity contribution >= 4 is 0 Å². The highest BCUT2D eigenvalue weighted by molar-refractivity contribution is 5.10. The fourth-order valence-corrected chi connectivity index (χ4v) is 3.57. The Bertz CT molecular complexity index is 233. The summed E-state index contributed by atoms with van der Waals surface area (Å²) in [4.78, 5) is 0. The van der Waals surface area contributed by atoms with Gasteiger partial charge in [0.05, 0.1) is 18.8 Å². The van der Waals surface area contributed by atoms with E-state index in [1.807, 2.05) is 0 Å². The van der Waals surface area contributed by atoms with Crippen LogP contribution in [0.2, 0.25) is 0 Å². The van der Waals surface area contributed by atoms with Crippen LogP contribution in [-0.4, -0.2) is 35.6 Å². The highest BCUT2D eigenvalue weighted by atomic mass is 16.5. The van der Waals surface area contributed by atoms with E-state index in [-0.39, 0.29) is 17.4 Å². The summed E-state index contributed by atoms with van der Waals surface area (Å²) >= 11 is 0. The molecule has 3 nitrogen and oxygen atoms in total. The first-order chi connectivity index (χ1) is 6.93. The molecule has 1 heterocycles. The third-order valence-corrected chi connectivity index (χ3v) is 4.14. The van der Waals surface area contributed by atoms with E-state index in [9.17, 15) is 10.2 Å². The molecule has 0 radical (unpaired) electrons. The SMILES string of the molecule is CC1(C)CC(CO)(C2(O)CCCOC2)C1. The summed E-state index contributed by atoms with van der Waals surface area (Å²) in [6, 6.07) is 0. The van der Waals surface area contributed by atoms with Gasteiger partial charge in [-0.05, 0) is 31.1 Å². The van der Waals surface area contributed by atoms with E-state index in [0.29, 0.717) is 6.61 Å². The molecule has 2 N–H and O–H groups in total. The lowest BCUT2D eigenvalue weighted by atomic mass is 9.48. The van der Waals surface area contributed by atoms with Gasteiger partial charge in [0.2, 0.25) is 0 Å². The van der Waals surface area contributed by atoms with Crippen molar-refractivity contribution in [2.45, 2.75) is 45.1 Å². The molecule has 1 unspecified atom stereocenters. The van der Waals surface area contributed by atoms with Crippen LogP contribution >= 0.6 is 0 Å². The van der Waals surface area contributed by atoms with Crippen molar-refractivity contribution in [3.63, 3.8) is 0 Å². The summed E-state index contributed by atoms with van der Waals surface area (Å²) in [5.74, 6) is 0. The minimum Gasteiger partial charge on any atom is -0.396 e. The van der Waals surface area contributed by atoms with Crippen LogP contribution in [0.25, 0.3) is 0 Å². The molecule has 0 aromatic heterocycles. The second-order valence-electron chi connectivity index (χ2n) is 6.14. The third kappa shape index (κ3) is 1.71. The van der Waals surface area contributed by atoms with Crippen molar-refractivity contribution in [2.24, 2.45) is 10.8 Å². The van der Waals surface area contributed by atoms with E-state index >= 15 is 0 Å². The fourth-order valence-electron chi connectivity index (χ4n) is 3.57. The van der Waals surface area contributed by atoms with Gasteiger partial charge in [0.25, 0.3) is 0 Å². The molecule has 0 bridgehead atoms. The van der Waals surface area contributed by atoms with Crippen molar-refractivity contribution in [2.75, 3.05) is 19.8 Å². The van der Waals surface area contributed by atoms with Crippen LogP contribution < -0.4 is 0 Å². The topological polar surface area (TPSA) is 49.7 Å². The molecule has 2 aliphatic rings. The van der Waals surface area contributed by atoms with Crippen molar-refractivity contribution in [1.82, 2.24) is 0 Å². The van der Waals surface area contributed by atoms with E-state index in [1.54, 1.807) is 0 Å². The molecule has 15 heavy (non-hydrogen) atoms. The van der Waals surface area contributed by atoms with E-state index < -0.39 is 5.60 Å². The molecule has 1 saturated carbocycles. The Morgan fingerprint density at radius 2 is 1.93 bits per heavy atom. The molecule has 1 saturated heterocycles.